The topological polar surface area (TPSA) is 97.3 Å². The summed E-state index contributed by atoms with van der Waals surface area (Å²) in [4.78, 5) is 39.6. The lowest BCUT2D eigenvalue weighted by atomic mass is 9.95. The molecule has 1 fully saturated rings. The van der Waals surface area contributed by atoms with Crippen molar-refractivity contribution in [1.82, 2.24) is 0 Å². The summed E-state index contributed by atoms with van der Waals surface area (Å²) in [5.41, 5.74) is 1.63. The minimum atomic E-state index is -1.72. The molecule has 0 aromatic heterocycles. The summed E-state index contributed by atoms with van der Waals surface area (Å²) in [6.45, 7) is 3.19. The number of methoxy groups -OCH3 is 1. The quantitative estimate of drug-likeness (QED) is 0.458. The number of hydrogen-bond donors (Lipinski definition) is 1. The Hall–Kier alpha value is -3.68. The number of benzene rings is 2. The van der Waals surface area contributed by atoms with E-state index in [4.69, 9.17) is 9.47 Å². The summed E-state index contributed by atoms with van der Waals surface area (Å²) in [5, 5.41) is 4.14. The number of ether oxygens (including phenoxy) is 2. The van der Waals surface area contributed by atoms with Gasteiger partial charge in [0.2, 0.25) is 0 Å². The molecule has 2 aromatic rings. The number of para-hydroxylation sites is 3. The molecule has 1 amide bonds. The van der Waals surface area contributed by atoms with Crippen LogP contribution in [0.1, 0.15) is 13.8 Å². The molecule has 1 aliphatic rings. The Morgan fingerprint density at radius 1 is 1.10 bits per heavy atom. The van der Waals surface area contributed by atoms with E-state index < -0.39 is 23.2 Å². The number of amides is 1. The molecule has 8 nitrogen and oxygen atoms in total. The van der Waals surface area contributed by atoms with Gasteiger partial charge in [0.1, 0.15) is 5.75 Å². The minimum absolute atomic E-state index is 0.0899. The highest BCUT2D eigenvalue weighted by Crippen LogP contribution is 2.33. The van der Waals surface area contributed by atoms with Crippen molar-refractivity contribution >= 4 is 34.7 Å². The number of esters is 1. The molecular formula is C21H21N3O5. The van der Waals surface area contributed by atoms with Crippen molar-refractivity contribution in [3.63, 3.8) is 0 Å². The lowest BCUT2D eigenvalue weighted by Crippen LogP contribution is -2.55. The predicted molar refractivity (Wildman–Crippen MR) is 108 cm³/mol. The molecule has 0 bridgehead atoms. The van der Waals surface area contributed by atoms with Crippen LogP contribution >= 0.6 is 0 Å². The zero-order valence-electron chi connectivity index (χ0n) is 16.3. The van der Waals surface area contributed by atoms with Crippen LogP contribution in [0.25, 0.3) is 0 Å². The van der Waals surface area contributed by atoms with Crippen LogP contribution in [0.4, 0.5) is 11.4 Å². The molecule has 0 aliphatic carbocycles. The Kier molecular flexibility index (Phi) is 5.63. The van der Waals surface area contributed by atoms with Gasteiger partial charge in [-0.2, -0.15) is 5.10 Å². The van der Waals surface area contributed by atoms with Crippen molar-refractivity contribution in [2.75, 3.05) is 24.0 Å². The first-order chi connectivity index (χ1) is 13.9. The van der Waals surface area contributed by atoms with Crippen molar-refractivity contribution in [2.45, 2.75) is 19.4 Å². The monoisotopic (exact) mass is 395 g/mol. The average Bonchev–Trinajstić information content (AvgIpc) is 2.93. The van der Waals surface area contributed by atoms with E-state index in [1.54, 1.807) is 61.5 Å². The third-order valence-electron chi connectivity index (χ3n) is 4.60. The van der Waals surface area contributed by atoms with Crippen LogP contribution in [-0.2, 0) is 19.1 Å². The standard InChI is InChI=1S/C21H21N3O5/c1-4-29-20(27)21(2)18(23-22-15-12-8-9-13-16(15)28-3)17(25)19(26)24(21)14-10-6-5-7-11-14/h5-13,22H,4H2,1-3H3. The van der Waals surface area contributed by atoms with Crippen LogP contribution in [0.3, 0.4) is 0 Å². The van der Waals surface area contributed by atoms with E-state index >= 15 is 0 Å². The van der Waals surface area contributed by atoms with Crippen LogP contribution in [-0.4, -0.2) is 42.6 Å². The molecule has 1 atom stereocenters. The number of nitrogens with zero attached hydrogens (tertiary/aromatic N) is 2. The van der Waals surface area contributed by atoms with Crippen molar-refractivity contribution in [3.8, 4) is 5.75 Å². The zero-order valence-corrected chi connectivity index (χ0v) is 16.3. The predicted octanol–water partition coefficient (Wildman–Crippen LogP) is 2.40. The van der Waals surface area contributed by atoms with E-state index in [0.717, 1.165) is 4.90 Å². The molecule has 0 saturated carbocycles. The molecule has 2 aromatic carbocycles. The van der Waals surface area contributed by atoms with E-state index in [0.29, 0.717) is 17.1 Å². The maximum Gasteiger partial charge on any atom is 0.338 e. The van der Waals surface area contributed by atoms with Gasteiger partial charge in [-0.3, -0.25) is 19.9 Å². The van der Waals surface area contributed by atoms with Gasteiger partial charge in [-0.05, 0) is 38.1 Å². The summed E-state index contributed by atoms with van der Waals surface area (Å²) >= 11 is 0. The Morgan fingerprint density at radius 3 is 2.41 bits per heavy atom. The van der Waals surface area contributed by atoms with Gasteiger partial charge in [0.05, 0.1) is 19.4 Å². The summed E-state index contributed by atoms with van der Waals surface area (Å²) in [5.74, 6) is -1.99. The number of hydrazone groups is 1. The fourth-order valence-corrected chi connectivity index (χ4v) is 3.16. The fourth-order valence-electron chi connectivity index (χ4n) is 3.16. The number of carbonyl (C=O) groups excluding carboxylic acids is 3. The second-order valence-corrected chi connectivity index (χ2v) is 6.37. The molecule has 1 aliphatic heterocycles. The van der Waals surface area contributed by atoms with Gasteiger partial charge in [0.25, 0.3) is 5.78 Å². The van der Waals surface area contributed by atoms with E-state index in [2.05, 4.69) is 10.5 Å². The average molecular weight is 395 g/mol. The summed E-state index contributed by atoms with van der Waals surface area (Å²) in [6, 6.07) is 15.4. The van der Waals surface area contributed by atoms with Gasteiger partial charge in [-0.1, -0.05) is 30.3 Å². The highest BCUT2D eigenvalue weighted by molar-refractivity contribution is 6.75. The van der Waals surface area contributed by atoms with Gasteiger partial charge in [0, 0.05) is 5.69 Å². The van der Waals surface area contributed by atoms with E-state index in [1.807, 2.05) is 0 Å². The number of anilines is 2. The van der Waals surface area contributed by atoms with Gasteiger partial charge < -0.3 is 9.47 Å². The van der Waals surface area contributed by atoms with Gasteiger partial charge in [-0.15, -0.1) is 0 Å². The molecule has 8 heteroatoms. The number of ketones is 1. The molecule has 150 valence electrons. The van der Waals surface area contributed by atoms with Crippen LogP contribution in [0.15, 0.2) is 59.7 Å². The Bertz CT molecular complexity index is 973. The smallest absolute Gasteiger partial charge is 0.338 e. The fraction of sp³-hybridized carbons (Fsp3) is 0.238. The van der Waals surface area contributed by atoms with Gasteiger partial charge >= 0.3 is 11.9 Å². The summed E-state index contributed by atoms with van der Waals surface area (Å²) < 4.78 is 10.4. The van der Waals surface area contributed by atoms with E-state index in [1.165, 1.54) is 14.0 Å². The normalized spacial score (nSPS) is 20.1. The molecule has 3 rings (SSSR count). The molecule has 29 heavy (non-hydrogen) atoms. The SMILES string of the molecule is CCOC(=O)C1(C)C(=NNc2ccccc2OC)C(=O)C(=O)N1c1ccccc1. The van der Waals surface area contributed by atoms with Gasteiger partial charge in [0.15, 0.2) is 11.3 Å². The van der Waals surface area contributed by atoms with Crippen molar-refractivity contribution < 1.29 is 23.9 Å². The van der Waals surface area contributed by atoms with Crippen LogP contribution in [0, 0.1) is 0 Å². The van der Waals surface area contributed by atoms with Crippen molar-refractivity contribution in [2.24, 2.45) is 5.10 Å². The maximum atomic E-state index is 12.9. The van der Waals surface area contributed by atoms with Crippen molar-refractivity contribution in [1.29, 1.82) is 0 Å². The summed E-state index contributed by atoms with van der Waals surface area (Å²) in [6.07, 6.45) is 0. The number of carbonyl (C=O) groups is 3. The highest BCUT2D eigenvalue weighted by atomic mass is 16.5. The number of rotatable bonds is 6. The van der Waals surface area contributed by atoms with Gasteiger partial charge in [-0.25, -0.2) is 4.79 Å². The number of nitrogens with one attached hydrogen (secondary N) is 1. The lowest BCUT2D eigenvalue weighted by molar-refractivity contribution is -0.147. The molecule has 1 N–H and O–H groups in total. The molecule has 1 unspecified atom stereocenters. The second kappa shape index (κ2) is 8.14. The third-order valence-corrected chi connectivity index (χ3v) is 4.60. The molecule has 1 heterocycles. The number of hydrogen-bond acceptors (Lipinski definition) is 7. The first-order valence-electron chi connectivity index (χ1n) is 9.03. The van der Waals surface area contributed by atoms with Crippen molar-refractivity contribution in [3.05, 3.63) is 54.6 Å². The zero-order chi connectivity index (χ0) is 21.0. The Labute approximate surface area is 168 Å². The number of Topliss-reactive ketones (excluding diaryl/α,β-unsaturated/α-hetero) is 1. The van der Waals surface area contributed by atoms with E-state index in [-0.39, 0.29) is 12.3 Å². The Balaban J connectivity index is 2.10. The molecule has 1 saturated heterocycles. The molecular weight excluding hydrogens is 374 g/mol. The van der Waals surface area contributed by atoms with Crippen LogP contribution in [0.5, 0.6) is 5.75 Å². The first kappa shape index (κ1) is 20.1. The molecule has 0 radical (unpaired) electrons. The second-order valence-electron chi connectivity index (χ2n) is 6.37. The van der Waals surface area contributed by atoms with E-state index in [9.17, 15) is 14.4 Å². The largest absolute Gasteiger partial charge is 0.495 e. The highest BCUT2D eigenvalue weighted by Gasteiger charge is 2.60. The molecule has 0 spiro atoms. The lowest BCUT2D eigenvalue weighted by Gasteiger charge is -2.31. The first-order valence-corrected chi connectivity index (χ1v) is 9.03. The Morgan fingerprint density at radius 2 is 1.76 bits per heavy atom. The maximum absolute atomic E-state index is 12.9. The summed E-state index contributed by atoms with van der Waals surface area (Å²) in [7, 11) is 1.50. The van der Waals surface area contributed by atoms with Crippen LogP contribution in [0.2, 0.25) is 0 Å². The minimum Gasteiger partial charge on any atom is -0.495 e. The van der Waals surface area contributed by atoms with Crippen LogP contribution < -0.4 is 15.1 Å². The third kappa shape index (κ3) is 3.44.